The monoisotopic (exact) mass is 373 g/mol. The lowest BCUT2D eigenvalue weighted by Crippen LogP contribution is -2.58. The zero-order valence-electron chi connectivity index (χ0n) is 14.8. The van der Waals surface area contributed by atoms with Crippen LogP contribution in [0.25, 0.3) is 0 Å². The topological polar surface area (TPSA) is 118 Å². The van der Waals surface area contributed by atoms with Crippen molar-refractivity contribution in [2.75, 3.05) is 13.1 Å². The zero-order chi connectivity index (χ0) is 19.5. The van der Waals surface area contributed by atoms with Gasteiger partial charge in [-0.3, -0.25) is 4.98 Å². The third-order valence-electron chi connectivity index (χ3n) is 4.57. The van der Waals surface area contributed by atoms with Crippen LogP contribution in [0.4, 0.5) is 4.79 Å². The fourth-order valence-electron chi connectivity index (χ4n) is 3.13. The minimum Gasteiger partial charge on any atom is -0.487 e. The number of hydrazone groups is 1. The third kappa shape index (κ3) is 3.33. The molecule has 0 aliphatic carbocycles. The predicted molar refractivity (Wildman–Crippen MR) is 97.0 cm³/mol. The number of aromatic nitrogens is 2. The highest BCUT2D eigenvalue weighted by atomic mass is 16.5. The summed E-state index contributed by atoms with van der Waals surface area (Å²) in [7, 11) is 0. The number of urea groups is 1. The lowest BCUT2D eigenvalue weighted by molar-refractivity contribution is 0.0276. The van der Waals surface area contributed by atoms with E-state index in [0.717, 1.165) is 5.56 Å². The standard InChI is InChI=1S/C19H15N7O2/c20-7-13-5-14(10-22-9-13)18-2-4-24-26(18)19(27)25-11-17(12-25)28-16-1-3-23-15(6-16)8-21/h1,3-6,9-10,17-18H,2,11-12H2/t18-/m0/s1. The summed E-state index contributed by atoms with van der Waals surface area (Å²) in [4.78, 5) is 22.4. The Labute approximate surface area is 161 Å². The molecule has 1 atom stereocenters. The van der Waals surface area contributed by atoms with Crippen LogP contribution in [0.3, 0.4) is 0 Å². The largest absolute Gasteiger partial charge is 0.487 e. The Morgan fingerprint density at radius 1 is 1.21 bits per heavy atom. The summed E-state index contributed by atoms with van der Waals surface area (Å²) in [6.07, 6.45) is 6.77. The molecule has 2 amide bonds. The van der Waals surface area contributed by atoms with Gasteiger partial charge in [-0.25, -0.2) is 14.8 Å². The second-order valence-electron chi connectivity index (χ2n) is 6.43. The summed E-state index contributed by atoms with van der Waals surface area (Å²) < 4.78 is 5.79. The summed E-state index contributed by atoms with van der Waals surface area (Å²) in [5, 5.41) is 23.6. The van der Waals surface area contributed by atoms with Gasteiger partial charge in [-0.05, 0) is 17.7 Å². The fraction of sp³-hybridized carbons (Fsp3) is 0.263. The number of rotatable bonds is 3. The minimum absolute atomic E-state index is 0.147. The van der Waals surface area contributed by atoms with Gasteiger partial charge in [0.15, 0.2) is 0 Å². The molecule has 9 nitrogen and oxygen atoms in total. The molecule has 0 bridgehead atoms. The number of likely N-dealkylation sites (tertiary alicyclic amines) is 1. The van der Waals surface area contributed by atoms with Crippen LogP contribution in [-0.4, -0.2) is 51.3 Å². The second kappa shape index (κ2) is 7.33. The van der Waals surface area contributed by atoms with E-state index in [2.05, 4.69) is 21.1 Å². The average Bonchev–Trinajstić information content (AvgIpc) is 3.20. The molecule has 4 rings (SSSR count). The van der Waals surface area contributed by atoms with E-state index in [1.54, 1.807) is 35.5 Å². The van der Waals surface area contributed by atoms with Gasteiger partial charge in [0, 0.05) is 37.3 Å². The third-order valence-corrected chi connectivity index (χ3v) is 4.57. The van der Waals surface area contributed by atoms with E-state index in [9.17, 15) is 4.79 Å². The van der Waals surface area contributed by atoms with Crippen molar-refractivity contribution in [3.63, 3.8) is 0 Å². The van der Waals surface area contributed by atoms with E-state index in [-0.39, 0.29) is 23.9 Å². The number of nitriles is 2. The van der Waals surface area contributed by atoms with Crippen LogP contribution in [0.15, 0.2) is 41.9 Å². The van der Waals surface area contributed by atoms with Crippen molar-refractivity contribution in [1.29, 1.82) is 10.5 Å². The maximum atomic E-state index is 12.8. The molecule has 2 aliphatic rings. The van der Waals surface area contributed by atoms with Crippen LogP contribution < -0.4 is 4.74 Å². The van der Waals surface area contributed by atoms with Crippen molar-refractivity contribution in [2.24, 2.45) is 5.10 Å². The Bertz CT molecular complexity index is 1020. The molecule has 0 aromatic carbocycles. The van der Waals surface area contributed by atoms with Crippen molar-refractivity contribution in [3.05, 3.63) is 53.6 Å². The maximum absolute atomic E-state index is 12.8. The quantitative estimate of drug-likeness (QED) is 0.810. The molecule has 4 heterocycles. The fourth-order valence-corrected chi connectivity index (χ4v) is 3.13. The lowest BCUT2D eigenvalue weighted by Gasteiger charge is -2.40. The zero-order valence-corrected chi connectivity index (χ0v) is 14.8. The molecule has 0 saturated carbocycles. The number of nitrogens with zero attached hydrogens (tertiary/aromatic N) is 7. The first-order valence-electron chi connectivity index (χ1n) is 8.66. The van der Waals surface area contributed by atoms with Crippen LogP contribution in [0, 0.1) is 22.7 Å². The number of carbonyl (C=O) groups is 1. The van der Waals surface area contributed by atoms with Crippen molar-refractivity contribution < 1.29 is 9.53 Å². The normalized spacial score (nSPS) is 18.3. The molecule has 2 aliphatic heterocycles. The first kappa shape index (κ1) is 17.4. The molecular weight excluding hydrogens is 358 g/mol. The van der Waals surface area contributed by atoms with E-state index in [1.807, 2.05) is 6.07 Å². The highest BCUT2D eigenvalue weighted by Crippen LogP contribution is 2.30. The predicted octanol–water partition coefficient (Wildman–Crippen LogP) is 1.84. The number of hydrogen-bond donors (Lipinski definition) is 0. The van der Waals surface area contributed by atoms with Crippen molar-refractivity contribution in [2.45, 2.75) is 18.6 Å². The summed E-state index contributed by atoms with van der Waals surface area (Å²) in [5.41, 5.74) is 1.51. The Morgan fingerprint density at radius 2 is 2.07 bits per heavy atom. The van der Waals surface area contributed by atoms with Gasteiger partial charge in [0.25, 0.3) is 0 Å². The number of ether oxygens (including phenoxy) is 1. The molecular formula is C19H15N7O2. The molecule has 1 saturated heterocycles. The van der Waals surface area contributed by atoms with Crippen molar-refractivity contribution in [1.82, 2.24) is 19.9 Å². The summed E-state index contributed by atoms with van der Waals surface area (Å²) >= 11 is 0. The second-order valence-corrected chi connectivity index (χ2v) is 6.43. The van der Waals surface area contributed by atoms with Crippen molar-refractivity contribution in [3.8, 4) is 17.9 Å². The van der Waals surface area contributed by atoms with Crippen LogP contribution in [0.5, 0.6) is 5.75 Å². The Kier molecular flexibility index (Phi) is 4.56. The van der Waals surface area contributed by atoms with E-state index < -0.39 is 0 Å². The summed E-state index contributed by atoms with van der Waals surface area (Å²) in [5.74, 6) is 0.556. The van der Waals surface area contributed by atoms with Gasteiger partial charge in [-0.2, -0.15) is 15.6 Å². The first-order chi connectivity index (χ1) is 13.7. The van der Waals surface area contributed by atoms with Crippen LogP contribution in [0.2, 0.25) is 0 Å². The Morgan fingerprint density at radius 3 is 2.86 bits per heavy atom. The molecule has 2 aromatic rings. The molecule has 138 valence electrons. The molecule has 0 unspecified atom stereocenters. The highest BCUT2D eigenvalue weighted by Gasteiger charge is 2.39. The van der Waals surface area contributed by atoms with Crippen LogP contribution in [0.1, 0.15) is 29.3 Å². The smallest absolute Gasteiger partial charge is 0.341 e. The molecule has 2 aromatic heterocycles. The molecule has 0 spiro atoms. The molecule has 0 N–H and O–H groups in total. The average molecular weight is 373 g/mol. The van der Waals surface area contributed by atoms with Gasteiger partial charge >= 0.3 is 6.03 Å². The van der Waals surface area contributed by atoms with Crippen LogP contribution in [-0.2, 0) is 0 Å². The van der Waals surface area contributed by atoms with Gasteiger partial charge in [-0.1, -0.05) is 0 Å². The number of carbonyl (C=O) groups excluding carboxylic acids is 1. The minimum atomic E-state index is -0.272. The number of pyridine rings is 2. The summed E-state index contributed by atoms with van der Waals surface area (Å²) in [6.45, 7) is 0.858. The molecule has 28 heavy (non-hydrogen) atoms. The highest BCUT2D eigenvalue weighted by molar-refractivity contribution is 5.79. The van der Waals surface area contributed by atoms with Gasteiger partial charge in [0.05, 0.1) is 24.7 Å². The van der Waals surface area contributed by atoms with E-state index in [1.165, 1.54) is 17.4 Å². The maximum Gasteiger partial charge on any atom is 0.341 e. The van der Waals surface area contributed by atoms with Gasteiger partial charge in [-0.15, -0.1) is 0 Å². The van der Waals surface area contributed by atoms with Crippen LogP contribution >= 0.6 is 0 Å². The van der Waals surface area contributed by atoms with E-state index in [4.69, 9.17) is 15.3 Å². The van der Waals surface area contributed by atoms with E-state index in [0.29, 0.717) is 30.8 Å². The van der Waals surface area contributed by atoms with Gasteiger partial charge in [0.1, 0.15) is 29.7 Å². The summed E-state index contributed by atoms with van der Waals surface area (Å²) in [6, 6.07) is 8.52. The number of hydrogen-bond acceptors (Lipinski definition) is 7. The Hall–Kier alpha value is -3.98. The number of amides is 2. The molecule has 9 heteroatoms. The first-order valence-corrected chi connectivity index (χ1v) is 8.66. The van der Waals surface area contributed by atoms with Gasteiger partial charge < -0.3 is 9.64 Å². The van der Waals surface area contributed by atoms with Crippen molar-refractivity contribution >= 4 is 12.2 Å². The van der Waals surface area contributed by atoms with Gasteiger partial charge in [0.2, 0.25) is 0 Å². The Balaban J connectivity index is 1.38. The van der Waals surface area contributed by atoms with E-state index >= 15 is 0 Å². The molecule has 0 radical (unpaired) electrons. The lowest BCUT2D eigenvalue weighted by atomic mass is 10.1. The SMILES string of the molecule is N#Cc1cncc([C@@H]2CC=NN2C(=O)N2CC(Oc3ccnc(C#N)c3)C2)c1. The molecule has 1 fully saturated rings.